The van der Waals surface area contributed by atoms with Crippen LogP contribution in [0.25, 0.3) is 11.1 Å². The summed E-state index contributed by atoms with van der Waals surface area (Å²) in [5, 5.41) is 10.7. The highest BCUT2D eigenvalue weighted by Crippen LogP contribution is 2.40. The van der Waals surface area contributed by atoms with Crippen LogP contribution in [0, 0.1) is 5.82 Å². The zero-order valence-corrected chi connectivity index (χ0v) is 28.1. The van der Waals surface area contributed by atoms with Gasteiger partial charge in [-0.15, -0.1) is 0 Å². The summed E-state index contributed by atoms with van der Waals surface area (Å²) >= 11 is 0. The molecule has 1 unspecified atom stereocenters. The fraction of sp³-hybridized carbons (Fsp3) is 0.405. The first-order chi connectivity index (χ1) is 23.6. The second kappa shape index (κ2) is 13.5. The van der Waals surface area contributed by atoms with E-state index in [1.54, 1.807) is 29.3 Å². The van der Waals surface area contributed by atoms with Gasteiger partial charge in [0.05, 0.1) is 18.5 Å². The number of pyridine rings is 1. The maximum atomic E-state index is 14.9. The van der Waals surface area contributed by atoms with E-state index in [2.05, 4.69) is 15.7 Å². The van der Waals surface area contributed by atoms with Gasteiger partial charge >= 0.3 is 6.09 Å². The smallest absolute Gasteiger partial charge is 0.410 e. The van der Waals surface area contributed by atoms with Gasteiger partial charge in [-0.25, -0.2) is 18.9 Å². The van der Waals surface area contributed by atoms with Crippen molar-refractivity contribution < 1.29 is 28.2 Å². The summed E-state index contributed by atoms with van der Waals surface area (Å²) in [6.07, 6.45) is 9.64. The lowest BCUT2D eigenvalue weighted by Gasteiger charge is -2.31. The molecule has 49 heavy (non-hydrogen) atoms. The zero-order chi connectivity index (χ0) is 34.1. The number of aromatic nitrogens is 3. The average molecular weight is 669 g/mol. The number of anilines is 2. The van der Waals surface area contributed by atoms with Gasteiger partial charge in [0.1, 0.15) is 29.2 Å². The van der Waals surface area contributed by atoms with Crippen LogP contribution >= 0.6 is 0 Å². The summed E-state index contributed by atoms with van der Waals surface area (Å²) < 4.78 is 34.2. The van der Waals surface area contributed by atoms with Crippen molar-refractivity contribution in [1.29, 1.82) is 0 Å². The third-order valence-corrected chi connectivity index (χ3v) is 8.96. The van der Waals surface area contributed by atoms with Gasteiger partial charge in [0.25, 0.3) is 5.91 Å². The highest BCUT2D eigenvalue weighted by molar-refractivity contribution is 6.04. The molecule has 2 aromatic carbocycles. The Morgan fingerprint density at radius 2 is 1.94 bits per heavy atom. The number of fused-ring (bicyclic) bond motifs is 2. The van der Waals surface area contributed by atoms with Gasteiger partial charge in [0.15, 0.2) is 0 Å². The number of nitrogens with zero attached hydrogens (tertiary/aromatic N) is 4. The first kappa shape index (κ1) is 32.6. The van der Waals surface area contributed by atoms with Gasteiger partial charge in [0, 0.05) is 67.3 Å². The summed E-state index contributed by atoms with van der Waals surface area (Å²) in [6.45, 7) is 8.08. The predicted octanol–water partition coefficient (Wildman–Crippen LogP) is 6.88. The van der Waals surface area contributed by atoms with E-state index in [4.69, 9.17) is 19.2 Å². The SMILES string of the molecule is CC(C)(C)OC(=O)N1CCc2cc(C(=O)Nc3cc(CNc4ncc(-c5cnn(C6CCCCO6)c5)c5c4CCO5)ccc3F)ccc2C1. The van der Waals surface area contributed by atoms with E-state index in [9.17, 15) is 14.0 Å². The number of hydrogen-bond donors (Lipinski definition) is 2. The summed E-state index contributed by atoms with van der Waals surface area (Å²) in [4.78, 5) is 32.1. The van der Waals surface area contributed by atoms with Crippen LogP contribution in [0.2, 0.25) is 0 Å². The Bertz CT molecular complexity index is 1880. The molecular weight excluding hydrogens is 627 g/mol. The molecule has 1 fully saturated rings. The van der Waals surface area contributed by atoms with Crippen molar-refractivity contribution in [3.05, 3.63) is 88.6 Å². The number of carbonyl (C=O) groups is 2. The second-order valence-electron chi connectivity index (χ2n) is 13.7. The number of nitrogens with one attached hydrogen (secondary N) is 2. The molecule has 11 nitrogen and oxygen atoms in total. The van der Waals surface area contributed by atoms with E-state index in [1.807, 2.05) is 50.0 Å². The van der Waals surface area contributed by atoms with Crippen molar-refractivity contribution in [3.63, 3.8) is 0 Å². The van der Waals surface area contributed by atoms with Gasteiger partial charge in [-0.3, -0.25) is 4.79 Å². The lowest BCUT2D eigenvalue weighted by atomic mass is 9.97. The van der Waals surface area contributed by atoms with Crippen LogP contribution in [-0.4, -0.2) is 57.0 Å². The maximum Gasteiger partial charge on any atom is 0.410 e. The number of carbonyl (C=O) groups excluding carboxylic acids is 2. The molecule has 7 rings (SSSR count). The summed E-state index contributed by atoms with van der Waals surface area (Å²) in [5.41, 5.74) is 5.44. The molecule has 3 aliphatic rings. The monoisotopic (exact) mass is 668 g/mol. The first-order valence-electron chi connectivity index (χ1n) is 16.9. The van der Waals surface area contributed by atoms with E-state index < -0.39 is 17.3 Å². The van der Waals surface area contributed by atoms with Crippen molar-refractivity contribution in [2.24, 2.45) is 0 Å². The van der Waals surface area contributed by atoms with Crippen LogP contribution < -0.4 is 15.4 Å². The van der Waals surface area contributed by atoms with Gasteiger partial charge in [0.2, 0.25) is 0 Å². The molecule has 1 saturated heterocycles. The van der Waals surface area contributed by atoms with E-state index in [0.717, 1.165) is 65.0 Å². The molecule has 0 radical (unpaired) electrons. The summed E-state index contributed by atoms with van der Waals surface area (Å²) in [6, 6.07) is 10.0. The van der Waals surface area contributed by atoms with Crippen LogP contribution in [0.15, 0.2) is 55.0 Å². The van der Waals surface area contributed by atoms with Crippen LogP contribution in [0.5, 0.6) is 5.75 Å². The molecule has 4 aromatic rings. The molecule has 0 bridgehead atoms. The Morgan fingerprint density at radius 3 is 2.76 bits per heavy atom. The van der Waals surface area contributed by atoms with Gasteiger partial charge < -0.3 is 29.7 Å². The Labute approximate surface area is 284 Å². The minimum Gasteiger partial charge on any atom is -0.492 e. The minimum absolute atomic E-state index is 0.0486. The predicted molar refractivity (Wildman–Crippen MR) is 182 cm³/mol. The molecule has 1 atom stereocenters. The van der Waals surface area contributed by atoms with Gasteiger partial charge in [-0.2, -0.15) is 5.10 Å². The number of amides is 2. The Morgan fingerprint density at radius 1 is 1.06 bits per heavy atom. The Balaban J connectivity index is 1.00. The molecule has 0 aliphatic carbocycles. The number of ether oxygens (including phenoxy) is 3. The third-order valence-electron chi connectivity index (χ3n) is 8.96. The third kappa shape index (κ3) is 7.24. The van der Waals surface area contributed by atoms with Crippen molar-refractivity contribution in [1.82, 2.24) is 19.7 Å². The molecular formula is C37H41FN6O5. The lowest BCUT2D eigenvalue weighted by molar-refractivity contribution is -0.0394. The Kier molecular flexibility index (Phi) is 8.98. The summed E-state index contributed by atoms with van der Waals surface area (Å²) in [7, 11) is 0. The molecule has 12 heteroatoms. The topological polar surface area (TPSA) is 120 Å². The molecule has 3 aliphatic heterocycles. The van der Waals surface area contributed by atoms with E-state index >= 15 is 0 Å². The van der Waals surface area contributed by atoms with Crippen LogP contribution in [0.3, 0.4) is 0 Å². The molecule has 2 N–H and O–H groups in total. The lowest BCUT2D eigenvalue weighted by Crippen LogP contribution is -2.39. The zero-order valence-electron chi connectivity index (χ0n) is 28.1. The average Bonchev–Trinajstić information content (AvgIpc) is 3.79. The molecule has 5 heterocycles. The van der Waals surface area contributed by atoms with E-state index in [-0.39, 0.29) is 18.0 Å². The van der Waals surface area contributed by atoms with E-state index in [1.165, 1.54) is 6.07 Å². The van der Waals surface area contributed by atoms with Crippen molar-refractivity contribution in [2.75, 3.05) is 30.4 Å². The standard InChI is InChI=1S/C37H41FN6O5/c1-37(2,3)49-36(46)43-13-11-24-17-25(8-9-26(24)21-43)35(45)42-31-16-23(7-10-30(31)38)18-39-34-28-12-15-48-33(28)29(20-40-34)27-19-41-44(22-27)32-6-4-5-14-47-32/h7-10,16-17,19-20,22,32H,4-6,11-15,18,21H2,1-3H3,(H,39,40)(H,42,45). The normalized spacial score (nSPS) is 17.1. The van der Waals surface area contributed by atoms with Crippen molar-refractivity contribution in [3.8, 4) is 16.9 Å². The minimum atomic E-state index is -0.573. The maximum absolute atomic E-state index is 14.9. The van der Waals surface area contributed by atoms with Gasteiger partial charge in [-0.1, -0.05) is 12.1 Å². The van der Waals surface area contributed by atoms with Gasteiger partial charge in [-0.05, 0) is 87.4 Å². The molecule has 2 amide bonds. The molecule has 0 saturated carbocycles. The highest BCUT2D eigenvalue weighted by atomic mass is 19.1. The molecule has 2 aromatic heterocycles. The quantitative estimate of drug-likeness (QED) is 0.219. The van der Waals surface area contributed by atoms with Crippen LogP contribution in [-0.2, 0) is 35.4 Å². The number of hydrogen-bond acceptors (Lipinski definition) is 8. The fourth-order valence-electron chi connectivity index (χ4n) is 6.45. The summed E-state index contributed by atoms with van der Waals surface area (Å²) in [5.74, 6) is 0.552. The molecule has 256 valence electrons. The van der Waals surface area contributed by atoms with Crippen molar-refractivity contribution >= 4 is 23.5 Å². The number of rotatable bonds is 7. The fourth-order valence-corrected chi connectivity index (χ4v) is 6.45. The van der Waals surface area contributed by atoms with Crippen LogP contribution in [0.1, 0.15) is 78.9 Å². The number of benzene rings is 2. The largest absolute Gasteiger partial charge is 0.492 e. The van der Waals surface area contributed by atoms with E-state index in [0.29, 0.717) is 50.5 Å². The second-order valence-corrected chi connectivity index (χ2v) is 13.7. The number of halogens is 1. The highest BCUT2D eigenvalue weighted by Gasteiger charge is 2.27. The Hall–Kier alpha value is -4.97. The van der Waals surface area contributed by atoms with Crippen molar-refractivity contribution in [2.45, 2.75) is 77.8 Å². The first-order valence-corrected chi connectivity index (χ1v) is 16.9. The van der Waals surface area contributed by atoms with Crippen LogP contribution in [0.4, 0.5) is 20.7 Å². The molecule has 0 spiro atoms.